The summed E-state index contributed by atoms with van der Waals surface area (Å²) >= 11 is 0. The molecule has 3 unspecified atom stereocenters. The number of aliphatic carboxylic acids is 1. The summed E-state index contributed by atoms with van der Waals surface area (Å²) in [5.41, 5.74) is 0.823. The number of carbonyl (C=O) groups is 1. The van der Waals surface area contributed by atoms with Gasteiger partial charge in [0, 0.05) is 19.2 Å². The minimum Gasteiger partial charge on any atom is -0.481 e. The normalized spacial score (nSPS) is 24.2. The summed E-state index contributed by atoms with van der Waals surface area (Å²) in [6, 6.07) is 9.55. The fourth-order valence-electron chi connectivity index (χ4n) is 3.00. The van der Waals surface area contributed by atoms with E-state index in [-0.39, 0.29) is 18.6 Å². The van der Waals surface area contributed by atoms with Crippen molar-refractivity contribution >= 4 is 5.97 Å². The molecule has 1 saturated carbocycles. The van der Waals surface area contributed by atoms with Gasteiger partial charge in [-0.2, -0.15) is 0 Å². The van der Waals surface area contributed by atoms with Crippen molar-refractivity contribution in [2.45, 2.75) is 37.6 Å². The maximum atomic E-state index is 11.4. The molecule has 0 spiro atoms. The monoisotopic (exact) mass is 277 g/mol. The highest BCUT2D eigenvalue weighted by Crippen LogP contribution is 2.25. The number of aliphatic hydroxyl groups is 1. The lowest BCUT2D eigenvalue weighted by molar-refractivity contribution is -0.138. The zero-order chi connectivity index (χ0) is 14.4. The van der Waals surface area contributed by atoms with Crippen LogP contribution in [0.5, 0.6) is 0 Å². The molecule has 0 aliphatic heterocycles. The molecule has 0 heterocycles. The number of aliphatic hydroxyl groups excluding tert-OH is 1. The molecule has 0 radical (unpaired) electrons. The third kappa shape index (κ3) is 3.81. The second-order valence-electron chi connectivity index (χ2n) is 5.54. The molecule has 20 heavy (non-hydrogen) atoms. The Kier molecular flexibility index (Phi) is 5.56. The minimum absolute atomic E-state index is 0.181. The molecule has 1 aromatic carbocycles. The average molecular weight is 277 g/mol. The molecule has 0 saturated heterocycles. The summed E-state index contributed by atoms with van der Waals surface area (Å²) < 4.78 is 0. The van der Waals surface area contributed by atoms with E-state index in [0.717, 1.165) is 31.2 Å². The number of nitrogens with one attached hydrogen (secondary N) is 1. The number of hydrogen-bond acceptors (Lipinski definition) is 3. The van der Waals surface area contributed by atoms with Crippen LogP contribution in [0.3, 0.4) is 0 Å². The van der Waals surface area contributed by atoms with Crippen LogP contribution in [0.25, 0.3) is 0 Å². The molecule has 2 rings (SSSR count). The van der Waals surface area contributed by atoms with E-state index in [1.165, 1.54) is 0 Å². The van der Waals surface area contributed by atoms with Crippen molar-refractivity contribution in [1.82, 2.24) is 5.32 Å². The SMILES string of the molecule is O=C(O)C(CNC1CCCCC1CO)c1ccccc1. The van der Waals surface area contributed by atoms with Crippen LogP contribution in [0.15, 0.2) is 30.3 Å². The molecular weight excluding hydrogens is 254 g/mol. The Morgan fingerprint density at radius 3 is 2.60 bits per heavy atom. The Labute approximate surface area is 119 Å². The van der Waals surface area contributed by atoms with Crippen LogP contribution in [0.1, 0.15) is 37.2 Å². The van der Waals surface area contributed by atoms with E-state index < -0.39 is 11.9 Å². The van der Waals surface area contributed by atoms with Crippen LogP contribution in [0.2, 0.25) is 0 Å². The number of carboxylic acids is 1. The first-order chi connectivity index (χ1) is 9.72. The zero-order valence-corrected chi connectivity index (χ0v) is 11.7. The summed E-state index contributed by atoms with van der Waals surface area (Å²) in [5, 5.41) is 22.1. The molecule has 3 N–H and O–H groups in total. The molecule has 1 aliphatic rings. The van der Waals surface area contributed by atoms with Gasteiger partial charge in [-0.3, -0.25) is 4.79 Å². The summed E-state index contributed by atoms with van der Waals surface area (Å²) in [5.74, 6) is -1.08. The van der Waals surface area contributed by atoms with Gasteiger partial charge < -0.3 is 15.5 Å². The standard InChI is InChI=1S/C16H23NO3/c18-11-13-8-4-5-9-15(13)17-10-14(16(19)20)12-6-2-1-3-7-12/h1-3,6-7,13-15,17-18H,4-5,8-11H2,(H,19,20). The molecule has 3 atom stereocenters. The molecule has 1 fully saturated rings. The van der Waals surface area contributed by atoms with Crippen LogP contribution in [-0.4, -0.2) is 35.4 Å². The van der Waals surface area contributed by atoms with Crippen LogP contribution in [0.4, 0.5) is 0 Å². The maximum absolute atomic E-state index is 11.4. The highest BCUT2D eigenvalue weighted by Gasteiger charge is 2.26. The third-order valence-electron chi connectivity index (χ3n) is 4.23. The van der Waals surface area contributed by atoms with Crippen molar-refractivity contribution in [3.8, 4) is 0 Å². The molecule has 1 aromatic rings. The second-order valence-corrected chi connectivity index (χ2v) is 5.54. The van der Waals surface area contributed by atoms with Crippen molar-refractivity contribution in [1.29, 1.82) is 0 Å². The molecule has 0 aromatic heterocycles. The minimum atomic E-state index is -0.806. The van der Waals surface area contributed by atoms with Gasteiger partial charge >= 0.3 is 5.97 Å². The lowest BCUT2D eigenvalue weighted by Gasteiger charge is -2.32. The van der Waals surface area contributed by atoms with Crippen LogP contribution in [-0.2, 0) is 4.79 Å². The topological polar surface area (TPSA) is 69.6 Å². The Balaban J connectivity index is 1.97. The predicted octanol–water partition coefficient (Wildman–Crippen LogP) is 2.00. The lowest BCUT2D eigenvalue weighted by atomic mass is 9.84. The summed E-state index contributed by atoms with van der Waals surface area (Å²) in [6.45, 7) is 0.598. The lowest BCUT2D eigenvalue weighted by Crippen LogP contribution is -2.42. The smallest absolute Gasteiger partial charge is 0.312 e. The van der Waals surface area contributed by atoms with E-state index in [4.69, 9.17) is 0 Å². The van der Waals surface area contributed by atoms with E-state index in [2.05, 4.69) is 5.32 Å². The van der Waals surface area contributed by atoms with Crippen molar-refractivity contribution in [3.05, 3.63) is 35.9 Å². The second kappa shape index (κ2) is 7.41. The molecule has 4 nitrogen and oxygen atoms in total. The van der Waals surface area contributed by atoms with E-state index in [1.807, 2.05) is 30.3 Å². The van der Waals surface area contributed by atoms with E-state index in [0.29, 0.717) is 6.54 Å². The van der Waals surface area contributed by atoms with Gasteiger partial charge in [0.1, 0.15) is 0 Å². The summed E-state index contributed by atoms with van der Waals surface area (Å²) in [7, 11) is 0. The van der Waals surface area contributed by atoms with Crippen molar-refractivity contribution < 1.29 is 15.0 Å². The van der Waals surface area contributed by atoms with Crippen molar-refractivity contribution in [2.75, 3.05) is 13.2 Å². The van der Waals surface area contributed by atoms with Crippen LogP contribution < -0.4 is 5.32 Å². The highest BCUT2D eigenvalue weighted by molar-refractivity contribution is 5.76. The number of benzene rings is 1. The Morgan fingerprint density at radius 1 is 1.25 bits per heavy atom. The van der Waals surface area contributed by atoms with Gasteiger partial charge in [-0.1, -0.05) is 43.2 Å². The Bertz CT molecular complexity index is 421. The average Bonchev–Trinajstić information content (AvgIpc) is 2.48. The van der Waals surface area contributed by atoms with E-state index in [1.54, 1.807) is 0 Å². The van der Waals surface area contributed by atoms with Gasteiger partial charge in [0.25, 0.3) is 0 Å². The Hall–Kier alpha value is -1.39. The molecule has 1 aliphatic carbocycles. The maximum Gasteiger partial charge on any atom is 0.312 e. The van der Waals surface area contributed by atoms with Crippen LogP contribution in [0, 0.1) is 5.92 Å². The van der Waals surface area contributed by atoms with Gasteiger partial charge in [0.15, 0.2) is 0 Å². The molecular formula is C16H23NO3. The molecule has 4 heteroatoms. The first-order valence-electron chi connectivity index (χ1n) is 7.34. The number of carboxylic acid groups (broad SMARTS) is 1. The number of hydrogen-bond donors (Lipinski definition) is 3. The first kappa shape index (κ1) is 15.0. The third-order valence-corrected chi connectivity index (χ3v) is 4.23. The fourth-order valence-corrected chi connectivity index (χ4v) is 3.00. The Morgan fingerprint density at radius 2 is 1.95 bits per heavy atom. The molecule has 110 valence electrons. The van der Waals surface area contributed by atoms with Gasteiger partial charge in [-0.15, -0.1) is 0 Å². The van der Waals surface area contributed by atoms with Crippen LogP contribution >= 0.6 is 0 Å². The zero-order valence-electron chi connectivity index (χ0n) is 11.7. The van der Waals surface area contributed by atoms with Crippen molar-refractivity contribution in [2.24, 2.45) is 5.92 Å². The summed E-state index contributed by atoms with van der Waals surface area (Å²) in [4.78, 5) is 11.4. The van der Waals surface area contributed by atoms with E-state index >= 15 is 0 Å². The quantitative estimate of drug-likeness (QED) is 0.744. The largest absolute Gasteiger partial charge is 0.481 e. The highest BCUT2D eigenvalue weighted by atomic mass is 16.4. The molecule has 0 amide bonds. The van der Waals surface area contributed by atoms with E-state index in [9.17, 15) is 15.0 Å². The predicted molar refractivity (Wildman–Crippen MR) is 77.7 cm³/mol. The van der Waals surface area contributed by atoms with Gasteiger partial charge in [0.2, 0.25) is 0 Å². The van der Waals surface area contributed by atoms with Gasteiger partial charge in [-0.05, 0) is 24.3 Å². The summed E-state index contributed by atoms with van der Waals surface area (Å²) in [6.07, 6.45) is 4.35. The molecule has 0 bridgehead atoms. The van der Waals surface area contributed by atoms with Gasteiger partial charge in [-0.25, -0.2) is 0 Å². The van der Waals surface area contributed by atoms with Crippen molar-refractivity contribution in [3.63, 3.8) is 0 Å². The number of rotatable bonds is 6. The first-order valence-corrected chi connectivity index (χ1v) is 7.34. The van der Waals surface area contributed by atoms with Gasteiger partial charge in [0.05, 0.1) is 5.92 Å². The fraction of sp³-hybridized carbons (Fsp3) is 0.562.